The van der Waals surface area contributed by atoms with Crippen molar-refractivity contribution in [1.29, 1.82) is 0 Å². The third-order valence-electron chi connectivity index (χ3n) is 4.92. The fourth-order valence-corrected chi connectivity index (χ4v) is 3.50. The predicted molar refractivity (Wildman–Crippen MR) is 103 cm³/mol. The summed E-state index contributed by atoms with van der Waals surface area (Å²) in [6.07, 6.45) is -2.53. The van der Waals surface area contributed by atoms with Crippen molar-refractivity contribution in [3.05, 3.63) is 63.7 Å². The van der Waals surface area contributed by atoms with E-state index in [1.54, 1.807) is 12.1 Å². The van der Waals surface area contributed by atoms with E-state index in [0.717, 1.165) is 18.2 Å². The summed E-state index contributed by atoms with van der Waals surface area (Å²) in [6, 6.07) is 7.23. The van der Waals surface area contributed by atoms with Crippen LogP contribution in [0.2, 0.25) is 0 Å². The molecule has 0 amide bonds. The van der Waals surface area contributed by atoms with Crippen LogP contribution in [-0.4, -0.2) is 23.3 Å². The highest BCUT2D eigenvalue weighted by Gasteiger charge is 2.31. The minimum Gasteiger partial charge on any atom is -0.493 e. The zero-order chi connectivity index (χ0) is 22.3. The number of allylic oxidation sites excluding steroid dienone is 1. The summed E-state index contributed by atoms with van der Waals surface area (Å²) < 4.78 is 75.3. The number of fused-ring (bicyclic) bond motifs is 2. The van der Waals surface area contributed by atoms with E-state index in [1.807, 2.05) is 0 Å². The van der Waals surface area contributed by atoms with E-state index in [2.05, 4.69) is 9.72 Å². The third-order valence-corrected chi connectivity index (χ3v) is 4.92. The summed E-state index contributed by atoms with van der Waals surface area (Å²) in [5, 5.41) is 0.0927. The second kappa shape index (κ2) is 7.68. The fraction of sp³-hybridized carbons (Fsp3) is 0.238. The maximum absolute atomic E-state index is 13.0. The third kappa shape index (κ3) is 3.97. The standard InChI is InChI=1S/C21H15F5N2O3/c1-30-16-5-2-11(9-17(16)31-20(22)23)8-12-6-7-28-18(12)27-15-10-13(21(24,25)26)3-4-14(15)19(28)29/h2-5,8-10,20H,6-7H2,1H3/b12-8-. The van der Waals surface area contributed by atoms with E-state index in [1.165, 1.54) is 23.8 Å². The molecule has 0 spiro atoms. The monoisotopic (exact) mass is 438 g/mol. The number of ether oxygens (including phenoxy) is 2. The molecule has 1 aliphatic heterocycles. The average Bonchev–Trinajstić information content (AvgIpc) is 3.10. The van der Waals surface area contributed by atoms with Crippen molar-refractivity contribution in [2.45, 2.75) is 25.8 Å². The SMILES string of the molecule is COc1ccc(/C=C2/CCn3c2nc2cc(C(F)(F)F)ccc2c3=O)cc1OC(F)F. The second-order valence-electron chi connectivity index (χ2n) is 6.83. The Kier molecular flexibility index (Phi) is 5.16. The molecule has 0 radical (unpaired) electrons. The maximum Gasteiger partial charge on any atom is 0.416 e. The van der Waals surface area contributed by atoms with Crippen LogP contribution >= 0.6 is 0 Å². The molecule has 3 aromatic rings. The van der Waals surface area contributed by atoms with Gasteiger partial charge in [0.25, 0.3) is 5.56 Å². The van der Waals surface area contributed by atoms with Crippen LogP contribution in [0.5, 0.6) is 11.5 Å². The Morgan fingerprint density at radius 2 is 1.90 bits per heavy atom. The Labute approximate surface area is 172 Å². The molecule has 10 heteroatoms. The molecule has 0 bridgehead atoms. The van der Waals surface area contributed by atoms with Crippen LogP contribution in [-0.2, 0) is 12.7 Å². The van der Waals surface area contributed by atoms with E-state index in [-0.39, 0.29) is 28.2 Å². The van der Waals surface area contributed by atoms with Gasteiger partial charge in [0.2, 0.25) is 0 Å². The van der Waals surface area contributed by atoms with Crippen LogP contribution in [0.3, 0.4) is 0 Å². The quantitative estimate of drug-likeness (QED) is 0.540. The van der Waals surface area contributed by atoms with Crippen molar-refractivity contribution in [1.82, 2.24) is 9.55 Å². The lowest BCUT2D eigenvalue weighted by Crippen LogP contribution is -2.21. The molecule has 2 heterocycles. The molecule has 0 N–H and O–H groups in total. The maximum atomic E-state index is 13.0. The highest BCUT2D eigenvalue weighted by molar-refractivity contribution is 5.85. The first-order chi connectivity index (χ1) is 14.7. The topological polar surface area (TPSA) is 53.4 Å². The Bertz CT molecular complexity index is 1250. The Morgan fingerprint density at radius 1 is 1.13 bits per heavy atom. The van der Waals surface area contributed by atoms with Crippen LogP contribution in [0.25, 0.3) is 22.6 Å². The molecule has 0 fully saturated rings. The Morgan fingerprint density at radius 3 is 2.58 bits per heavy atom. The average molecular weight is 438 g/mol. The van der Waals surface area contributed by atoms with E-state index in [4.69, 9.17) is 4.74 Å². The van der Waals surface area contributed by atoms with Crippen LogP contribution in [0, 0.1) is 0 Å². The largest absolute Gasteiger partial charge is 0.493 e. The molecule has 0 atom stereocenters. The number of methoxy groups -OCH3 is 1. The van der Waals surface area contributed by atoms with Crippen LogP contribution in [0.1, 0.15) is 23.4 Å². The predicted octanol–water partition coefficient (Wildman–Crippen LogP) is 4.97. The van der Waals surface area contributed by atoms with Gasteiger partial charge in [0.1, 0.15) is 5.82 Å². The molecule has 2 aromatic carbocycles. The molecule has 0 unspecified atom stereocenters. The smallest absolute Gasteiger partial charge is 0.416 e. The van der Waals surface area contributed by atoms with Gasteiger partial charge in [0, 0.05) is 6.54 Å². The van der Waals surface area contributed by atoms with Gasteiger partial charge in [-0.2, -0.15) is 22.0 Å². The Hall–Kier alpha value is -3.43. The molecule has 0 saturated carbocycles. The lowest BCUT2D eigenvalue weighted by atomic mass is 10.1. The zero-order valence-electron chi connectivity index (χ0n) is 16.0. The molecule has 0 saturated heterocycles. The highest BCUT2D eigenvalue weighted by atomic mass is 19.4. The van der Waals surface area contributed by atoms with E-state index in [9.17, 15) is 26.7 Å². The van der Waals surface area contributed by atoms with Crippen molar-refractivity contribution >= 4 is 22.6 Å². The van der Waals surface area contributed by atoms with E-state index >= 15 is 0 Å². The number of benzene rings is 2. The minimum atomic E-state index is -4.56. The van der Waals surface area contributed by atoms with Crippen molar-refractivity contribution in [2.24, 2.45) is 0 Å². The number of rotatable bonds is 4. The first-order valence-electron chi connectivity index (χ1n) is 9.13. The molecule has 1 aliphatic rings. The van der Waals surface area contributed by atoms with E-state index in [0.29, 0.717) is 24.1 Å². The number of nitrogens with zero attached hydrogens (tertiary/aromatic N) is 2. The summed E-state index contributed by atoms with van der Waals surface area (Å²) in [6.45, 7) is -2.74. The number of aromatic nitrogens is 2. The normalized spacial score (nSPS) is 15.0. The summed E-state index contributed by atoms with van der Waals surface area (Å²) in [5.74, 6) is 0.196. The van der Waals surface area contributed by atoms with Crippen molar-refractivity contribution < 1.29 is 31.4 Å². The van der Waals surface area contributed by atoms with Gasteiger partial charge in [-0.25, -0.2) is 4.98 Å². The van der Waals surface area contributed by atoms with Crippen molar-refractivity contribution in [2.75, 3.05) is 7.11 Å². The molecule has 4 rings (SSSR count). The summed E-state index contributed by atoms with van der Waals surface area (Å²) in [4.78, 5) is 17.0. The summed E-state index contributed by atoms with van der Waals surface area (Å²) in [7, 11) is 1.32. The van der Waals surface area contributed by atoms with Gasteiger partial charge in [-0.15, -0.1) is 0 Å². The number of hydrogen-bond acceptors (Lipinski definition) is 4. The van der Waals surface area contributed by atoms with Crippen LogP contribution < -0.4 is 15.0 Å². The van der Waals surface area contributed by atoms with Gasteiger partial charge in [-0.3, -0.25) is 9.36 Å². The van der Waals surface area contributed by atoms with Crippen LogP contribution in [0.4, 0.5) is 22.0 Å². The molecule has 1 aromatic heterocycles. The number of alkyl halides is 5. The van der Waals surface area contributed by atoms with Crippen molar-refractivity contribution in [3.8, 4) is 11.5 Å². The lowest BCUT2D eigenvalue weighted by Gasteiger charge is -2.11. The second-order valence-corrected chi connectivity index (χ2v) is 6.83. The molecule has 0 aliphatic carbocycles. The lowest BCUT2D eigenvalue weighted by molar-refractivity contribution is -0.137. The summed E-state index contributed by atoms with van der Waals surface area (Å²) >= 11 is 0. The van der Waals surface area contributed by atoms with Crippen molar-refractivity contribution in [3.63, 3.8) is 0 Å². The van der Waals surface area contributed by atoms with E-state index < -0.39 is 23.9 Å². The molecule has 5 nitrogen and oxygen atoms in total. The minimum absolute atomic E-state index is 0.0599. The van der Waals surface area contributed by atoms with Gasteiger partial charge in [-0.1, -0.05) is 6.07 Å². The van der Waals surface area contributed by atoms with Gasteiger partial charge in [0.05, 0.1) is 23.6 Å². The first kappa shape index (κ1) is 20.8. The molecular weight excluding hydrogens is 423 g/mol. The zero-order valence-corrected chi connectivity index (χ0v) is 16.0. The molecule has 31 heavy (non-hydrogen) atoms. The van der Waals surface area contributed by atoms with Gasteiger partial charge in [0.15, 0.2) is 11.5 Å². The summed E-state index contributed by atoms with van der Waals surface area (Å²) in [5.41, 5.74) is -0.323. The van der Waals surface area contributed by atoms with Gasteiger partial charge in [-0.05, 0) is 54.0 Å². The highest BCUT2D eigenvalue weighted by Crippen LogP contribution is 2.34. The number of hydrogen-bond donors (Lipinski definition) is 0. The molecule has 162 valence electrons. The number of halogens is 5. The first-order valence-corrected chi connectivity index (χ1v) is 9.13. The van der Waals surface area contributed by atoms with Gasteiger partial charge >= 0.3 is 12.8 Å². The fourth-order valence-electron chi connectivity index (χ4n) is 3.50. The molecular formula is C21H15F5N2O3. The van der Waals surface area contributed by atoms with Crippen LogP contribution in [0.15, 0.2) is 41.2 Å². The Balaban J connectivity index is 1.80. The van der Waals surface area contributed by atoms with Gasteiger partial charge < -0.3 is 9.47 Å².